The van der Waals surface area contributed by atoms with Crippen molar-refractivity contribution in [2.75, 3.05) is 7.11 Å². The molecular formula is C17H13FO4. The van der Waals surface area contributed by atoms with Gasteiger partial charge < -0.3 is 13.9 Å². The highest BCUT2D eigenvalue weighted by Crippen LogP contribution is 2.28. The molecule has 0 atom stereocenters. The van der Waals surface area contributed by atoms with Crippen LogP contribution in [-0.4, -0.2) is 7.11 Å². The van der Waals surface area contributed by atoms with E-state index >= 15 is 0 Å². The van der Waals surface area contributed by atoms with Gasteiger partial charge in [0.2, 0.25) is 11.2 Å². The third-order valence-electron chi connectivity index (χ3n) is 3.38. The van der Waals surface area contributed by atoms with Crippen LogP contribution in [0.4, 0.5) is 4.39 Å². The highest BCUT2D eigenvalue weighted by molar-refractivity contribution is 5.82. The van der Waals surface area contributed by atoms with Crippen LogP contribution in [-0.2, 0) is 0 Å². The summed E-state index contributed by atoms with van der Waals surface area (Å²) < 4.78 is 29.6. The highest BCUT2D eigenvalue weighted by Gasteiger charge is 2.14. The maximum Gasteiger partial charge on any atom is 0.235 e. The van der Waals surface area contributed by atoms with Gasteiger partial charge in [-0.3, -0.25) is 4.79 Å². The van der Waals surface area contributed by atoms with Crippen LogP contribution in [0.2, 0.25) is 0 Å². The molecule has 0 aliphatic carbocycles. The summed E-state index contributed by atoms with van der Waals surface area (Å²) in [4.78, 5) is 12.4. The zero-order valence-corrected chi connectivity index (χ0v) is 12.1. The molecule has 4 nitrogen and oxygen atoms in total. The lowest BCUT2D eigenvalue weighted by atomic mass is 10.1. The third kappa shape index (κ3) is 2.30. The molecule has 2 aromatic carbocycles. The number of hydrogen-bond acceptors (Lipinski definition) is 4. The van der Waals surface area contributed by atoms with Crippen molar-refractivity contribution in [2.45, 2.75) is 6.92 Å². The van der Waals surface area contributed by atoms with Crippen molar-refractivity contribution < 1.29 is 18.3 Å². The second-order valence-corrected chi connectivity index (χ2v) is 4.73. The van der Waals surface area contributed by atoms with Crippen LogP contribution in [0, 0.1) is 12.7 Å². The van der Waals surface area contributed by atoms with E-state index in [0.717, 1.165) is 5.56 Å². The Morgan fingerprint density at radius 3 is 2.55 bits per heavy atom. The first-order valence-corrected chi connectivity index (χ1v) is 6.63. The smallest absolute Gasteiger partial charge is 0.235 e. The van der Waals surface area contributed by atoms with E-state index in [0.29, 0.717) is 16.7 Å². The van der Waals surface area contributed by atoms with Crippen molar-refractivity contribution in [1.29, 1.82) is 0 Å². The molecule has 0 bridgehead atoms. The molecule has 0 spiro atoms. The molecule has 0 saturated carbocycles. The SMILES string of the molecule is COc1ccc2c(=O)c(Oc3ccccc3F)coc2c1C. The quantitative estimate of drug-likeness (QED) is 0.732. The molecule has 3 aromatic rings. The molecule has 22 heavy (non-hydrogen) atoms. The fourth-order valence-electron chi connectivity index (χ4n) is 2.24. The molecule has 112 valence electrons. The summed E-state index contributed by atoms with van der Waals surface area (Å²) in [5, 5.41) is 0.354. The zero-order chi connectivity index (χ0) is 15.7. The van der Waals surface area contributed by atoms with Crippen molar-refractivity contribution in [1.82, 2.24) is 0 Å². The fraction of sp³-hybridized carbons (Fsp3) is 0.118. The highest BCUT2D eigenvalue weighted by atomic mass is 19.1. The van der Waals surface area contributed by atoms with Crippen LogP contribution < -0.4 is 14.9 Å². The van der Waals surface area contributed by atoms with E-state index in [1.165, 1.54) is 18.4 Å². The molecule has 1 aromatic heterocycles. The van der Waals surface area contributed by atoms with E-state index in [2.05, 4.69) is 0 Å². The second kappa shape index (κ2) is 5.52. The number of aryl methyl sites for hydroxylation is 1. The van der Waals surface area contributed by atoms with Gasteiger partial charge in [-0.05, 0) is 31.2 Å². The van der Waals surface area contributed by atoms with E-state index in [-0.39, 0.29) is 16.9 Å². The Hall–Kier alpha value is -2.82. The predicted molar refractivity (Wildman–Crippen MR) is 80.2 cm³/mol. The van der Waals surface area contributed by atoms with Gasteiger partial charge in [0, 0.05) is 5.56 Å². The predicted octanol–water partition coefficient (Wildman–Crippen LogP) is 4.04. The largest absolute Gasteiger partial charge is 0.496 e. The normalized spacial score (nSPS) is 10.7. The number of methoxy groups -OCH3 is 1. The summed E-state index contributed by atoms with van der Waals surface area (Å²) >= 11 is 0. The molecule has 5 heteroatoms. The summed E-state index contributed by atoms with van der Waals surface area (Å²) in [5.41, 5.74) is 0.773. The van der Waals surface area contributed by atoms with E-state index in [1.54, 1.807) is 38.3 Å². The van der Waals surface area contributed by atoms with Crippen LogP contribution in [0.3, 0.4) is 0 Å². The van der Waals surface area contributed by atoms with E-state index in [9.17, 15) is 9.18 Å². The Bertz CT molecular complexity index is 899. The molecule has 0 aliphatic heterocycles. The first-order chi connectivity index (χ1) is 10.6. The minimum absolute atomic E-state index is 0.0283. The Morgan fingerprint density at radius 1 is 1.05 bits per heavy atom. The van der Waals surface area contributed by atoms with Crippen LogP contribution in [0.15, 0.2) is 51.9 Å². The van der Waals surface area contributed by atoms with Crippen molar-refractivity contribution in [2.24, 2.45) is 0 Å². The van der Waals surface area contributed by atoms with Crippen molar-refractivity contribution in [3.63, 3.8) is 0 Å². The molecule has 1 heterocycles. The summed E-state index contributed by atoms with van der Waals surface area (Å²) in [6.45, 7) is 1.79. The molecule has 0 radical (unpaired) electrons. The van der Waals surface area contributed by atoms with Gasteiger partial charge in [-0.15, -0.1) is 0 Å². The van der Waals surface area contributed by atoms with Crippen LogP contribution in [0.25, 0.3) is 11.0 Å². The fourth-order valence-corrected chi connectivity index (χ4v) is 2.24. The number of ether oxygens (including phenoxy) is 2. The van der Waals surface area contributed by atoms with Crippen LogP contribution in [0.1, 0.15) is 5.56 Å². The van der Waals surface area contributed by atoms with Gasteiger partial charge in [0.15, 0.2) is 11.6 Å². The van der Waals surface area contributed by atoms with Crippen LogP contribution in [0.5, 0.6) is 17.2 Å². The van der Waals surface area contributed by atoms with E-state index in [4.69, 9.17) is 13.9 Å². The lowest BCUT2D eigenvalue weighted by Gasteiger charge is -2.09. The molecule has 0 fully saturated rings. The summed E-state index contributed by atoms with van der Waals surface area (Å²) in [6, 6.07) is 9.14. The number of para-hydroxylation sites is 1. The van der Waals surface area contributed by atoms with Crippen LogP contribution >= 0.6 is 0 Å². The average molecular weight is 300 g/mol. The van der Waals surface area contributed by atoms with Gasteiger partial charge >= 0.3 is 0 Å². The Morgan fingerprint density at radius 2 is 1.82 bits per heavy atom. The number of fused-ring (bicyclic) bond motifs is 1. The maximum atomic E-state index is 13.6. The van der Waals surface area contributed by atoms with Gasteiger partial charge in [-0.25, -0.2) is 4.39 Å². The Balaban J connectivity index is 2.12. The zero-order valence-electron chi connectivity index (χ0n) is 12.1. The first kappa shape index (κ1) is 14.1. The lowest BCUT2D eigenvalue weighted by Crippen LogP contribution is -2.06. The molecule has 0 aliphatic rings. The molecule has 0 saturated heterocycles. The number of rotatable bonds is 3. The van der Waals surface area contributed by atoms with Gasteiger partial charge in [0.1, 0.15) is 17.6 Å². The van der Waals surface area contributed by atoms with Gasteiger partial charge in [0.05, 0.1) is 12.5 Å². The first-order valence-electron chi connectivity index (χ1n) is 6.63. The summed E-state index contributed by atoms with van der Waals surface area (Å²) in [5.74, 6) is -0.0205. The number of halogens is 1. The molecular weight excluding hydrogens is 287 g/mol. The Labute approximate surface area is 125 Å². The minimum Gasteiger partial charge on any atom is -0.496 e. The van der Waals surface area contributed by atoms with Crippen molar-refractivity contribution >= 4 is 11.0 Å². The van der Waals surface area contributed by atoms with Gasteiger partial charge in [-0.2, -0.15) is 0 Å². The summed E-state index contributed by atoms with van der Waals surface area (Å²) in [7, 11) is 1.54. The minimum atomic E-state index is -0.548. The van der Waals surface area contributed by atoms with E-state index in [1.807, 2.05) is 0 Å². The van der Waals surface area contributed by atoms with Crippen molar-refractivity contribution in [3.8, 4) is 17.2 Å². The molecule has 0 amide bonds. The number of hydrogen-bond donors (Lipinski definition) is 0. The van der Waals surface area contributed by atoms with Crippen molar-refractivity contribution in [3.05, 3.63) is 64.3 Å². The van der Waals surface area contributed by atoms with Gasteiger partial charge in [0.25, 0.3) is 0 Å². The lowest BCUT2D eigenvalue weighted by molar-refractivity contribution is 0.408. The monoisotopic (exact) mass is 300 g/mol. The van der Waals surface area contributed by atoms with Gasteiger partial charge in [-0.1, -0.05) is 12.1 Å². The molecule has 0 N–H and O–H groups in total. The second-order valence-electron chi connectivity index (χ2n) is 4.73. The third-order valence-corrected chi connectivity index (χ3v) is 3.38. The summed E-state index contributed by atoms with van der Waals surface area (Å²) in [6.07, 6.45) is 1.18. The average Bonchev–Trinajstić information content (AvgIpc) is 2.53. The Kier molecular flexibility index (Phi) is 3.55. The molecule has 0 unspecified atom stereocenters. The topological polar surface area (TPSA) is 48.7 Å². The van der Waals surface area contributed by atoms with E-state index < -0.39 is 5.82 Å². The standard InChI is InChI=1S/C17H13FO4/c1-10-13(20-2)8-7-11-16(19)15(9-21-17(10)11)22-14-6-4-3-5-12(14)18/h3-9H,1-2H3. The number of benzene rings is 2. The molecule has 3 rings (SSSR count). The maximum absolute atomic E-state index is 13.6.